The number of anilines is 1. The van der Waals surface area contributed by atoms with Crippen molar-refractivity contribution in [1.29, 1.82) is 0 Å². The zero-order chi connectivity index (χ0) is 23.3. The maximum atomic E-state index is 13.3. The average molecular weight is 471 g/mol. The Morgan fingerprint density at radius 2 is 1.68 bits per heavy atom. The Morgan fingerprint density at radius 1 is 0.941 bits per heavy atom. The van der Waals surface area contributed by atoms with Gasteiger partial charge in [0.2, 0.25) is 5.91 Å². The van der Waals surface area contributed by atoms with Gasteiger partial charge in [-0.25, -0.2) is 0 Å². The molecule has 1 amide bonds. The van der Waals surface area contributed by atoms with E-state index in [1.807, 2.05) is 89.2 Å². The standard InChI is InChI=1S/C27H26N4O2S/c1-2-33-24-17-9-8-16-23(24)31-26(21-12-4-3-5-13-21)28-29-27(31)34-19-25(32)30-18-10-14-20-11-6-7-15-22(20)30/h3-9,11-13,15-17H,2,10,14,18-19H2,1H3. The quantitative estimate of drug-likeness (QED) is 0.338. The van der Waals surface area contributed by atoms with Crippen molar-refractivity contribution < 1.29 is 9.53 Å². The number of thioether (sulfide) groups is 1. The van der Waals surface area contributed by atoms with E-state index in [1.165, 1.54) is 17.3 Å². The van der Waals surface area contributed by atoms with Crippen LogP contribution in [0.4, 0.5) is 5.69 Å². The molecule has 5 rings (SSSR count). The predicted molar refractivity (Wildman–Crippen MR) is 136 cm³/mol. The molecule has 2 heterocycles. The molecule has 0 atom stereocenters. The van der Waals surface area contributed by atoms with Crippen LogP contribution < -0.4 is 9.64 Å². The summed E-state index contributed by atoms with van der Waals surface area (Å²) in [5.41, 5.74) is 4.05. The number of hydrogen-bond donors (Lipinski definition) is 0. The highest BCUT2D eigenvalue weighted by Crippen LogP contribution is 2.33. The first-order chi connectivity index (χ1) is 16.8. The molecule has 1 aromatic heterocycles. The molecule has 1 aliphatic heterocycles. The number of rotatable bonds is 7. The number of aryl methyl sites for hydroxylation is 1. The first-order valence-corrected chi connectivity index (χ1v) is 12.5. The van der Waals surface area contributed by atoms with E-state index in [0.717, 1.165) is 42.1 Å². The zero-order valence-electron chi connectivity index (χ0n) is 19.1. The van der Waals surface area contributed by atoms with Gasteiger partial charge in [0.25, 0.3) is 0 Å². The Labute approximate surface area is 203 Å². The van der Waals surface area contributed by atoms with Crippen LogP contribution in [0.2, 0.25) is 0 Å². The molecule has 0 bridgehead atoms. The molecule has 0 saturated carbocycles. The fraction of sp³-hybridized carbons (Fsp3) is 0.222. The maximum absolute atomic E-state index is 13.3. The molecule has 1 aliphatic rings. The molecular weight excluding hydrogens is 444 g/mol. The Hall–Kier alpha value is -3.58. The number of aromatic nitrogens is 3. The highest BCUT2D eigenvalue weighted by Gasteiger charge is 2.24. The van der Waals surface area contributed by atoms with E-state index in [-0.39, 0.29) is 11.7 Å². The zero-order valence-corrected chi connectivity index (χ0v) is 19.9. The summed E-state index contributed by atoms with van der Waals surface area (Å²) in [5, 5.41) is 9.64. The lowest BCUT2D eigenvalue weighted by molar-refractivity contribution is -0.116. The van der Waals surface area contributed by atoms with Crippen molar-refractivity contribution in [3.05, 3.63) is 84.4 Å². The Morgan fingerprint density at radius 3 is 2.50 bits per heavy atom. The lowest BCUT2D eigenvalue weighted by Gasteiger charge is -2.29. The van der Waals surface area contributed by atoms with E-state index < -0.39 is 0 Å². The average Bonchev–Trinajstić information content (AvgIpc) is 3.32. The molecule has 0 unspecified atom stereocenters. The number of hydrogen-bond acceptors (Lipinski definition) is 5. The summed E-state index contributed by atoms with van der Waals surface area (Å²) in [4.78, 5) is 15.2. The van der Waals surface area contributed by atoms with Gasteiger partial charge in [-0.2, -0.15) is 0 Å². The second-order valence-corrected chi connectivity index (χ2v) is 8.92. The van der Waals surface area contributed by atoms with Crippen LogP contribution in [0.15, 0.2) is 84.0 Å². The number of carbonyl (C=O) groups is 1. The minimum atomic E-state index is 0.0751. The molecule has 0 spiro atoms. The van der Waals surface area contributed by atoms with Crippen molar-refractivity contribution in [3.8, 4) is 22.8 Å². The Kier molecular flexibility index (Phi) is 6.62. The van der Waals surface area contributed by atoms with Crippen LogP contribution >= 0.6 is 11.8 Å². The summed E-state index contributed by atoms with van der Waals surface area (Å²) in [6, 6.07) is 26.0. The summed E-state index contributed by atoms with van der Waals surface area (Å²) < 4.78 is 7.89. The van der Waals surface area contributed by atoms with Gasteiger partial charge in [-0.15, -0.1) is 10.2 Å². The number of amides is 1. The van der Waals surface area contributed by atoms with Crippen molar-refractivity contribution in [3.63, 3.8) is 0 Å². The maximum Gasteiger partial charge on any atom is 0.237 e. The molecule has 0 aliphatic carbocycles. The molecule has 172 valence electrons. The molecule has 0 fully saturated rings. The first-order valence-electron chi connectivity index (χ1n) is 11.5. The van der Waals surface area contributed by atoms with Crippen molar-refractivity contribution >= 4 is 23.4 Å². The topological polar surface area (TPSA) is 60.2 Å². The van der Waals surface area contributed by atoms with Crippen LogP contribution in [0, 0.1) is 0 Å². The second-order valence-electron chi connectivity index (χ2n) is 7.97. The van der Waals surface area contributed by atoms with Crippen LogP contribution in [0.25, 0.3) is 17.1 Å². The normalized spacial score (nSPS) is 12.9. The Balaban J connectivity index is 1.47. The summed E-state index contributed by atoms with van der Waals surface area (Å²) >= 11 is 1.40. The van der Waals surface area contributed by atoms with Gasteiger partial charge in [0, 0.05) is 17.8 Å². The molecule has 0 N–H and O–H groups in total. The third-order valence-corrected chi connectivity index (χ3v) is 6.72. The van der Waals surface area contributed by atoms with E-state index >= 15 is 0 Å². The van der Waals surface area contributed by atoms with E-state index in [0.29, 0.717) is 17.6 Å². The summed E-state index contributed by atoms with van der Waals surface area (Å²) in [7, 11) is 0. The van der Waals surface area contributed by atoms with Gasteiger partial charge in [-0.05, 0) is 43.5 Å². The van der Waals surface area contributed by atoms with E-state index in [4.69, 9.17) is 4.74 Å². The number of benzene rings is 3. The molecule has 3 aromatic carbocycles. The van der Waals surface area contributed by atoms with Gasteiger partial charge < -0.3 is 9.64 Å². The SMILES string of the molecule is CCOc1ccccc1-n1c(SCC(=O)N2CCCc3ccccc32)nnc1-c1ccccc1. The Bertz CT molecular complexity index is 1290. The minimum absolute atomic E-state index is 0.0751. The second kappa shape index (κ2) is 10.1. The number of carbonyl (C=O) groups excluding carboxylic acids is 1. The molecule has 7 heteroatoms. The van der Waals surface area contributed by atoms with E-state index in [9.17, 15) is 4.79 Å². The van der Waals surface area contributed by atoms with Gasteiger partial charge in [-0.3, -0.25) is 9.36 Å². The van der Waals surface area contributed by atoms with Gasteiger partial charge in [0.15, 0.2) is 11.0 Å². The molecule has 34 heavy (non-hydrogen) atoms. The summed E-state index contributed by atoms with van der Waals surface area (Å²) in [5.74, 6) is 1.81. The highest BCUT2D eigenvalue weighted by molar-refractivity contribution is 7.99. The van der Waals surface area contributed by atoms with E-state index in [2.05, 4.69) is 16.3 Å². The number of para-hydroxylation sites is 3. The molecule has 0 radical (unpaired) electrons. The molecule has 6 nitrogen and oxygen atoms in total. The smallest absolute Gasteiger partial charge is 0.237 e. The van der Waals surface area contributed by atoms with E-state index in [1.54, 1.807) is 0 Å². The van der Waals surface area contributed by atoms with Crippen molar-refractivity contribution in [1.82, 2.24) is 14.8 Å². The van der Waals surface area contributed by atoms with Gasteiger partial charge in [0.1, 0.15) is 5.75 Å². The number of fused-ring (bicyclic) bond motifs is 1. The first kappa shape index (κ1) is 22.2. The lowest BCUT2D eigenvalue weighted by Crippen LogP contribution is -2.36. The van der Waals surface area contributed by atoms with Crippen LogP contribution in [0.5, 0.6) is 5.75 Å². The van der Waals surface area contributed by atoms with Gasteiger partial charge in [-0.1, -0.05) is 72.4 Å². The van der Waals surface area contributed by atoms with Crippen molar-refractivity contribution in [2.24, 2.45) is 0 Å². The summed E-state index contributed by atoms with van der Waals surface area (Å²) in [6.45, 7) is 3.26. The van der Waals surface area contributed by atoms with Crippen LogP contribution in [-0.4, -0.2) is 39.6 Å². The molecule has 0 saturated heterocycles. The highest BCUT2D eigenvalue weighted by atomic mass is 32.2. The van der Waals surface area contributed by atoms with Crippen LogP contribution in [-0.2, 0) is 11.2 Å². The molecule has 4 aromatic rings. The van der Waals surface area contributed by atoms with Crippen LogP contribution in [0.1, 0.15) is 18.9 Å². The fourth-order valence-electron chi connectivity index (χ4n) is 4.27. The summed E-state index contributed by atoms with van der Waals surface area (Å²) in [6.07, 6.45) is 1.99. The number of ether oxygens (including phenoxy) is 1. The molecular formula is C27H26N4O2S. The lowest BCUT2D eigenvalue weighted by atomic mass is 10.0. The van der Waals surface area contributed by atoms with Crippen molar-refractivity contribution in [2.45, 2.75) is 24.9 Å². The van der Waals surface area contributed by atoms with Gasteiger partial charge in [0.05, 0.1) is 18.0 Å². The number of nitrogens with zero attached hydrogens (tertiary/aromatic N) is 4. The monoisotopic (exact) mass is 470 g/mol. The van der Waals surface area contributed by atoms with Crippen LogP contribution in [0.3, 0.4) is 0 Å². The third kappa shape index (κ3) is 4.43. The minimum Gasteiger partial charge on any atom is -0.492 e. The van der Waals surface area contributed by atoms with Crippen molar-refractivity contribution in [2.75, 3.05) is 23.8 Å². The fourth-order valence-corrected chi connectivity index (χ4v) is 5.09. The predicted octanol–water partition coefficient (Wildman–Crippen LogP) is 5.40. The third-order valence-electron chi connectivity index (χ3n) is 5.81. The largest absolute Gasteiger partial charge is 0.492 e. The van der Waals surface area contributed by atoms with Gasteiger partial charge >= 0.3 is 0 Å².